The Bertz CT molecular complexity index is 1580. The molecule has 214 valence electrons. The highest BCUT2D eigenvalue weighted by molar-refractivity contribution is 5.83. The first-order valence-electron chi connectivity index (χ1n) is 14.2. The lowest BCUT2D eigenvalue weighted by Crippen LogP contribution is -2.59. The minimum atomic E-state index is -1.61. The Balaban J connectivity index is 1.51. The number of hydrogen-bond acceptors (Lipinski definition) is 4. The molecule has 0 fully saturated rings. The summed E-state index contributed by atoms with van der Waals surface area (Å²) in [5.41, 5.74) is 4.77. The number of carbonyl (C=O) groups excluding carboxylic acids is 1. The highest BCUT2D eigenvalue weighted by Crippen LogP contribution is 2.46. The Kier molecular flexibility index (Phi) is 7.77. The molecule has 1 aliphatic rings. The summed E-state index contributed by atoms with van der Waals surface area (Å²) in [6, 6.07) is 42.3. The number of aliphatic hydroxyl groups excluding tert-OH is 1. The molecular weight excluding hydrogens is 538 g/mol. The minimum absolute atomic E-state index is 0.00439. The first-order valence-corrected chi connectivity index (χ1v) is 14.2. The van der Waals surface area contributed by atoms with E-state index in [9.17, 15) is 19.8 Å². The van der Waals surface area contributed by atoms with Gasteiger partial charge < -0.3 is 14.9 Å². The van der Waals surface area contributed by atoms with E-state index >= 15 is 0 Å². The summed E-state index contributed by atoms with van der Waals surface area (Å²) in [6.45, 7) is -0.816. The SMILES string of the molecule is O=C(O)[C@H](CO)N(C(=O)OCC1c2ccccc2-c2ccccc21)C(c1ccccc1)(c1ccccc1)c1ccccc1. The second kappa shape index (κ2) is 12.0. The van der Waals surface area contributed by atoms with E-state index in [0.717, 1.165) is 22.3 Å². The summed E-state index contributed by atoms with van der Waals surface area (Å²) in [5, 5.41) is 21.0. The topological polar surface area (TPSA) is 87.1 Å². The summed E-state index contributed by atoms with van der Waals surface area (Å²) in [6.07, 6.45) is -0.847. The minimum Gasteiger partial charge on any atom is -0.480 e. The van der Waals surface area contributed by atoms with Crippen LogP contribution in [0.2, 0.25) is 0 Å². The molecule has 6 heteroatoms. The van der Waals surface area contributed by atoms with E-state index < -0.39 is 30.3 Å². The number of fused-ring (bicyclic) bond motifs is 3. The van der Waals surface area contributed by atoms with Crippen LogP contribution in [0, 0.1) is 0 Å². The molecule has 0 saturated carbocycles. The van der Waals surface area contributed by atoms with Gasteiger partial charge in [0.1, 0.15) is 12.1 Å². The molecule has 43 heavy (non-hydrogen) atoms. The predicted molar refractivity (Wildman–Crippen MR) is 165 cm³/mol. The number of carboxylic acid groups (broad SMARTS) is 1. The molecule has 2 N–H and O–H groups in total. The molecule has 0 aliphatic heterocycles. The molecule has 0 unspecified atom stereocenters. The molecule has 6 nitrogen and oxygen atoms in total. The second-order valence-corrected chi connectivity index (χ2v) is 10.5. The van der Waals surface area contributed by atoms with Crippen molar-refractivity contribution in [2.75, 3.05) is 13.2 Å². The molecule has 0 saturated heterocycles. The fourth-order valence-corrected chi connectivity index (χ4v) is 6.39. The highest BCUT2D eigenvalue weighted by atomic mass is 16.6. The third-order valence-electron chi connectivity index (χ3n) is 8.24. The normalized spacial score (nSPS) is 13.0. The van der Waals surface area contributed by atoms with Gasteiger partial charge >= 0.3 is 12.1 Å². The second-order valence-electron chi connectivity index (χ2n) is 10.5. The Labute approximate surface area is 250 Å². The van der Waals surface area contributed by atoms with Crippen molar-refractivity contribution in [3.05, 3.63) is 167 Å². The van der Waals surface area contributed by atoms with E-state index in [1.165, 1.54) is 4.90 Å². The van der Waals surface area contributed by atoms with E-state index in [0.29, 0.717) is 16.7 Å². The zero-order valence-electron chi connectivity index (χ0n) is 23.4. The lowest BCUT2D eigenvalue weighted by atomic mass is 9.75. The van der Waals surface area contributed by atoms with Gasteiger partial charge in [0, 0.05) is 5.92 Å². The van der Waals surface area contributed by atoms with Crippen LogP contribution in [-0.4, -0.2) is 46.4 Å². The molecule has 0 radical (unpaired) electrons. The van der Waals surface area contributed by atoms with Crippen LogP contribution in [0.1, 0.15) is 33.7 Å². The molecule has 1 aliphatic carbocycles. The van der Waals surface area contributed by atoms with Crippen LogP contribution in [0.15, 0.2) is 140 Å². The summed E-state index contributed by atoms with van der Waals surface area (Å²) in [7, 11) is 0. The third-order valence-corrected chi connectivity index (χ3v) is 8.24. The van der Waals surface area contributed by atoms with Gasteiger partial charge in [-0.2, -0.15) is 0 Å². The van der Waals surface area contributed by atoms with E-state index in [-0.39, 0.29) is 12.5 Å². The monoisotopic (exact) mass is 569 g/mol. The summed E-state index contributed by atoms with van der Waals surface area (Å²) >= 11 is 0. The van der Waals surface area contributed by atoms with Crippen molar-refractivity contribution in [1.29, 1.82) is 0 Å². The zero-order valence-corrected chi connectivity index (χ0v) is 23.4. The third kappa shape index (κ3) is 4.86. The van der Waals surface area contributed by atoms with Crippen molar-refractivity contribution in [2.45, 2.75) is 17.5 Å². The number of rotatable bonds is 9. The van der Waals surface area contributed by atoms with Crippen LogP contribution >= 0.6 is 0 Å². The molecule has 0 heterocycles. The van der Waals surface area contributed by atoms with Gasteiger partial charge in [0.05, 0.1) is 6.61 Å². The average Bonchev–Trinajstić information content (AvgIpc) is 3.38. The van der Waals surface area contributed by atoms with Gasteiger partial charge in [0.15, 0.2) is 6.04 Å². The summed E-state index contributed by atoms with van der Waals surface area (Å²) < 4.78 is 6.12. The maximum atomic E-state index is 14.5. The quantitative estimate of drug-likeness (QED) is 0.194. The van der Waals surface area contributed by atoms with E-state index in [2.05, 4.69) is 12.1 Å². The Morgan fingerprint density at radius 3 is 1.44 bits per heavy atom. The van der Waals surface area contributed by atoms with Gasteiger partial charge in [0.2, 0.25) is 0 Å². The Hall–Kier alpha value is -5.20. The fraction of sp³-hybridized carbons (Fsp3) is 0.135. The molecule has 0 aromatic heterocycles. The van der Waals surface area contributed by atoms with Crippen molar-refractivity contribution < 1.29 is 24.5 Å². The fourth-order valence-electron chi connectivity index (χ4n) is 6.39. The van der Waals surface area contributed by atoms with Crippen LogP contribution in [0.4, 0.5) is 4.79 Å². The van der Waals surface area contributed by atoms with Gasteiger partial charge in [-0.25, -0.2) is 9.59 Å². The number of aliphatic carboxylic acids is 1. The van der Waals surface area contributed by atoms with E-state index in [1.54, 1.807) is 0 Å². The van der Waals surface area contributed by atoms with E-state index in [4.69, 9.17) is 4.74 Å². The van der Waals surface area contributed by atoms with Crippen LogP contribution < -0.4 is 0 Å². The number of benzene rings is 5. The maximum Gasteiger partial charge on any atom is 0.411 e. The molecular formula is C37H31NO5. The standard InChI is InChI=1S/C37H31NO5/c39-24-34(35(40)41)38(36(42)43-25-33-31-22-12-10-20-29(31)30-21-11-13-23-32(30)33)37(26-14-4-1-5-15-26,27-16-6-2-7-17-27)28-18-8-3-9-19-28/h1-23,33-34,39H,24-25H2,(H,40,41)/t34-/m0/s1. The molecule has 1 atom stereocenters. The zero-order chi connectivity index (χ0) is 29.8. The number of carboxylic acids is 1. The van der Waals surface area contributed by atoms with Crippen LogP contribution in [-0.2, 0) is 15.1 Å². The van der Waals surface area contributed by atoms with Crippen molar-refractivity contribution >= 4 is 12.1 Å². The van der Waals surface area contributed by atoms with E-state index in [1.807, 2.05) is 127 Å². The van der Waals surface area contributed by atoms with Crippen LogP contribution in [0.5, 0.6) is 0 Å². The van der Waals surface area contributed by atoms with Gasteiger partial charge in [-0.05, 0) is 38.9 Å². The average molecular weight is 570 g/mol. The number of amides is 1. The Morgan fingerprint density at radius 2 is 1.05 bits per heavy atom. The number of ether oxygens (including phenoxy) is 1. The molecule has 5 aromatic carbocycles. The van der Waals surface area contributed by atoms with Crippen molar-refractivity contribution in [3.63, 3.8) is 0 Å². The van der Waals surface area contributed by atoms with Crippen molar-refractivity contribution in [3.8, 4) is 11.1 Å². The number of carbonyl (C=O) groups is 2. The number of hydrogen-bond donors (Lipinski definition) is 2. The number of aliphatic hydroxyl groups is 1. The van der Waals surface area contributed by atoms with Crippen molar-refractivity contribution in [2.24, 2.45) is 0 Å². The highest BCUT2D eigenvalue weighted by Gasteiger charge is 2.50. The molecule has 0 bridgehead atoms. The molecule has 6 rings (SSSR count). The first-order chi connectivity index (χ1) is 21.1. The first kappa shape index (κ1) is 27.9. The van der Waals surface area contributed by atoms with Crippen LogP contribution in [0.25, 0.3) is 11.1 Å². The van der Waals surface area contributed by atoms with Gasteiger partial charge in [0.25, 0.3) is 0 Å². The van der Waals surface area contributed by atoms with Gasteiger partial charge in [-0.3, -0.25) is 4.90 Å². The van der Waals surface area contributed by atoms with Gasteiger partial charge in [-0.1, -0.05) is 140 Å². The lowest BCUT2D eigenvalue weighted by Gasteiger charge is -2.46. The number of nitrogens with zero attached hydrogens (tertiary/aromatic N) is 1. The molecule has 5 aromatic rings. The maximum absolute atomic E-state index is 14.5. The smallest absolute Gasteiger partial charge is 0.411 e. The van der Waals surface area contributed by atoms with Crippen LogP contribution in [0.3, 0.4) is 0 Å². The Morgan fingerprint density at radius 1 is 0.651 bits per heavy atom. The predicted octanol–water partition coefficient (Wildman–Crippen LogP) is 6.68. The lowest BCUT2D eigenvalue weighted by molar-refractivity contribution is -0.146. The van der Waals surface area contributed by atoms with Gasteiger partial charge in [-0.15, -0.1) is 0 Å². The summed E-state index contributed by atoms with van der Waals surface area (Å²) in [4.78, 5) is 28.5. The molecule has 1 amide bonds. The summed E-state index contributed by atoms with van der Waals surface area (Å²) in [5.74, 6) is -1.57. The van der Waals surface area contributed by atoms with Crippen molar-refractivity contribution in [1.82, 2.24) is 4.90 Å². The molecule has 0 spiro atoms. The largest absolute Gasteiger partial charge is 0.480 e.